The van der Waals surface area contributed by atoms with Crippen molar-refractivity contribution < 1.29 is 5.11 Å². The molecule has 0 saturated heterocycles. The lowest BCUT2D eigenvalue weighted by Gasteiger charge is -2.10. The zero-order chi connectivity index (χ0) is 11.0. The number of hydrogen-bond acceptors (Lipinski definition) is 3. The Labute approximate surface area is 92.3 Å². The molecule has 0 aliphatic heterocycles. The molecule has 1 atom stereocenters. The third-order valence-electron chi connectivity index (χ3n) is 2.44. The number of nitrogens with zero attached hydrogens (tertiary/aromatic N) is 2. The normalized spacial score (nSPS) is 13.3. The average Bonchev–Trinajstić information content (AvgIpc) is 2.58. The minimum absolute atomic E-state index is 0.127. The van der Waals surface area contributed by atoms with Crippen molar-refractivity contribution in [2.45, 2.75) is 6.04 Å². The summed E-state index contributed by atoms with van der Waals surface area (Å²) in [5.41, 5.74) is 8.24. The van der Waals surface area contributed by atoms with Crippen LogP contribution in [0.25, 0.3) is 11.0 Å². The molecule has 1 aromatic carbocycles. The highest BCUT2D eigenvalue weighted by Crippen LogP contribution is 2.26. The summed E-state index contributed by atoms with van der Waals surface area (Å²) in [4.78, 5) is 4.20. The molecular formula is C10H12ClN3O. The number of halogens is 1. The maximum atomic E-state index is 8.98. The number of imidazole rings is 1. The van der Waals surface area contributed by atoms with Crippen LogP contribution in [0.4, 0.5) is 0 Å². The molecule has 2 aromatic rings. The van der Waals surface area contributed by atoms with Gasteiger partial charge in [-0.25, -0.2) is 4.98 Å². The van der Waals surface area contributed by atoms with Crippen LogP contribution in [-0.2, 0) is 7.05 Å². The Bertz CT molecular complexity index is 495. The Morgan fingerprint density at radius 2 is 2.33 bits per heavy atom. The van der Waals surface area contributed by atoms with Gasteiger partial charge in [-0.3, -0.25) is 0 Å². The van der Waals surface area contributed by atoms with Crippen LogP contribution in [0.5, 0.6) is 0 Å². The summed E-state index contributed by atoms with van der Waals surface area (Å²) in [7, 11) is 1.90. The molecule has 0 spiro atoms. The highest BCUT2D eigenvalue weighted by Gasteiger charge is 2.12. The summed E-state index contributed by atoms with van der Waals surface area (Å²) in [6.07, 6.45) is 1.72. The first-order valence-electron chi connectivity index (χ1n) is 4.60. The third-order valence-corrected chi connectivity index (χ3v) is 2.77. The van der Waals surface area contributed by atoms with Gasteiger partial charge in [0.2, 0.25) is 0 Å². The maximum Gasteiger partial charge on any atom is 0.0955 e. The first kappa shape index (κ1) is 10.4. The van der Waals surface area contributed by atoms with E-state index < -0.39 is 6.04 Å². The van der Waals surface area contributed by atoms with Crippen LogP contribution in [0.15, 0.2) is 18.5 Å². The largest absolute Gasteiger partial charge is 0.394 e. The summed E-state index contributed by atoms with van der Waals surface area (Å²) in [6.45, 7) is -0.127. The first-order chi connectivity index (χ1) is 7.13. The molecule has 1 aromatic heterocycles. The van der Waals surface area contributed by atoms with Crippen LogP contribution in [0.2, 0.25) is 5.02 Å². The van der Waals surface area contributed by atoms with Gasteiger partial charge in [0.05, 0.1) is 30.0 Å². The number of aliphatic hydroxyl groups is 1. The molecule has 2 rings (SSSR count). The molecule has 0 fully saturated rings. The molecule has 0 radical (unpaired) electrons. The lowest BCUT2D eigenvalue weighted by molar-refractivity contribution is 0.268. The van der Waals surface area contributed by atoms with Crippen molar-refractivity contribution in [2.24, 2.45) is 12.8 Å². The van der Waals surface area contributed by atoms with Gasteiger partial charge in [-0.1, -0.05) is 11.6 Å². The van der Waals surface area contributed by atoms with Crippen molar-refractivity contribution >= 4 is 22.6 Å². The lowest BCUT2D eigenvalue weighted by Crippen LogP contribution is -2.14. The zero-order valence-corrected chi connectivity index (χ0v) is 9.07. The molecule has 4 nitrogen and oxygen atoms in total. The van der Waals surface area contributed by atoms with Gasteiger partial charge < -0.3 is 15.4 Å². The molecular weight excluding hydrogens is 214 g/mol. The predicted molar refractivity (Wildman–Crippen MR) is 59.7 cm³/mol. The second-order valence-electron chi connectivity index (χ2n) is 3.51. The highest BCUT2D eigenvalue weighted by molar-refractivity contribution is 6.32. The number of nitrogens with two attached hydrogens (primary N) is 1. The van der Waals surface area contributed by atoms with Crippen molar-refractivity contribution in [3.05, 3.63) is 29.0 Å². The molecule has 0 saturated carbocycles. The number of rotatable bonds is 2. The summed E-state index contributed by atoms with van der Waals surface area (Å²) in [5.74, 6) is 0. The van der Waals surface area contributed by atoms with E-state index in [0.717, 1.165) is 16.6 Å². The van der Waals surface area contributed by atoms with Crippen molar-refractivity contribution in [2.75, 3.05) is 6.61 Å². The minimum Gasteiger partial charge on any atom is -0.394 e. The second kappa shape index (κ2) is 3.81. The van der Waals surface area contributed by atoms with E-state index >= 15 is 0 Å². The van der Waals surface area contributed by atoms with Gasteiger partial charge in [-0.15, -0.1) is 0 Å². The van der Waals surface area contributed by atoms with Crippen molar-refractivity contribution in [3.8, 4) is 0 Å². The third kappa shape index (κ3) is 1.71. The van der Waals surface area contributed by atoms with E-state index in [0.29, 0.717) is 5.02 Å². The summed E-state index contributed by atoms with van der Waals surface area (Å²) in [6, 6.07) is 3.18. The minimum atomic E-state index is -0.455. The Morgan fingerprint density at radius 3 is 3.00 bits per heavy atom. The van der Waals surface area contributed by atoms with E-state index in [9.17, 15) is 0 Å². The first-order valence-corrected chi connectivity index (χ1v) is 4.98. The Morgan fingerprint density at radius 1 is 1.60 bits per heavy atom. The monoisotopic (exact) mass is 225 g/mol. The van der Waals surface area contributed by atoms with E-state index in [1.165, 1.54) is 0 Å². The average molecular weight is 226 g/mol. The number of hydrogen-bond donors (Lipinski definition) is 2. The van der Waals surface area contributed by atoms with Crippen LogP contribution in [0, 0.1) is 0 Å². The molecule has 0 amide bonds. The number of aryl methyl sites for hydroxylation is 1. The summed E-state index contributed by atoms with van der Waals surface area (Å²) < 4.78 is 1.88. The van der Waals surface area contributed by atoms with Crippen LogP contribution in [0.3, 0.4) is 0 Å². The highest BCUT2D eigenvalue weighted by atomic mass is 35.5. The van der Waals surface area contributed by atoms with E-state index in [4.69, 9.17) is 22.4 Å². The summed E-state index contributed by atoms with van der Waals surface area (Å²) in [5, 5.41) is 9.54. The topological polar surface area (TPSA) is 64.1 Å². The van der Waals surface area contributed by atoms with E-state index in [1.807, 2.05) is 23.7 Å². The molecule has 1 heterocycles. The standard InChI is InChI=1S/C10H12ClN3O/c1-14-5-13-9-2-6(8(12)4-15)7(11)3-10(9)14/h2-3,5,8,15H,4,12H2,1H3. The van der Waals surface area contributed by atoms with Gasteiger partial charge in [0.15, 0.2) is 0 Å². The van der Waals surface area contributed by atoms with Gasteiger partial charge in [0.25, 0.3) is 0 Å². The second-order valence-corrected chi connectivity index (χ2v) is 3.91. The fourth-order valence-corrected chi connectivity index (χ4v) is 1.84. The molecule has 5 heteroatoms. The van der Waals surface area contributed by atoms with E-state index in [1.54, 1.807) is 6.33 Å². The molecule has 0 bridgehead atoms. The lowest BCUT2D eigenvalue weighted by atomic mass is 10.1. The number of benzene rings is 1. The van der Waals surface area contributed by atoms with Gasteiger partial charge in [-0.2, -0.15) is 0 Å². The van der Waals surface area contributed by atoms with Crippen molar-refractivity contribution in [3.63, 3.8) is 0 Å². The van der Waals surface area contributed by atoms with Gasteiger partial charge in [0.1, 0.15) is 0 Å². The molecule has 15 heavy (non-hydrogen) atoms. The van der Waals surface area contributed by atoms with Gasteiger partial charge in [0, 0.05) is 12.1 Å². The Balaban J connectivity index is 2.63. The van der Waals surface area contributed by atoms with Crippen molar-refractivity contribution in [1.29, 1.82) is 0 Å². The Kier molecular flexibility index (Phi) is 2.65. The molecule has 0 aliphatic carbocycles. The van der Waals surface area contributed by atoms with Gasteiger partial charge in [-0.05, 0) is 17.7 Å². The van der Waals surface area contributed by atoms with Crippen molar-refractivity contribution in [1.82, 2.24) is 9.55 Å². The number of aromatic nitrogens is 2. The smallest absolute Gasteiger partial charge is 0.0955 e. The summed E-state index contributed by atoms with van der Waals surface area (Å²) >= 11 is 6.07. The molecule has 80 valence electrons. The number of aliphatic hydroxyl groups excluding tert-OH is 1. The maximum absolute atomic E-state index is 8.98. The van der Waals surface area contributed by atoms with Crippen LogP contribution in [0.1, 0.15) is 11.6 Å². The SMILES string of the molecule is Cn1cnc2cc(C(N)CO)c(Cl)cc21. The van der Waals surface area contributed by atoms with Crippen LogP contribution < -0.4 is 5.73 Å². The fourth-order valence-electron chi connectivity index (χ4n) is 1.55. The quantitative estimate of drug-likeness (QED) is 0.808. The van der Waals surface area contributed by atoms with Gasteiger partial charge >= 0.3 is 0 Å². The molecule has 1 unspecified atom stereocenters. The Hall–Kier alpha value is -1.10. The van der Waals surface area contributed by atoms with E-state index in [2.05, 4.69) is 4.98 Å². The van der Waals surface area contributed by atoms with Crippen LogP contribution >= 0.6 is 11.6 Å². The molecule has 0 aliphatic rings. The number of fused-ring (bicyclic) bond motifs is 1. The van der Waals surface area contributed by atoms with Crippen LogP contribution in [-0.4, -0.2) is 21.3 Å². The zero-order valence-electron chi connectivity index (χ0n) is 8.31. The fraction of sp³-hybridized carbons (Fsp3) is 0.300. The van der Waals surface area contributed by atoms with E-state index in [-0.39, 0.29) is 6.61 Å². The molecule has 3 N–H and O–H groups in total. The predicted octanol–water partition coefficient (Wildman–Crippen LogP) is 1.22.